The highest BCUT2D eigenvalue weighted by Gasteiger charge is 2.50. The lowest BCUT2D eigenvalue weighted by Crippen LogP contribution is -2.46. The topological polar surface area (TPSA) is 364 Å². The summed E-state index contributed by atoms with van der Waals surface area (Å²) in [6, 6.07) is 0. The molecular weight excluding hydrogens is 951 g/mol. The maximum atomic E-state index is 12.7. The second kappa shape index (κ2) is 28.1. The van der Waals surface area contributed by atoms with Gasteiger partial charge in [-0.3, -0.25) is 32.5 Å². The number of imidazole rings is 1. The van der Waals surface area contributed by atoms with Crippen molar-refractivity contribution in [2.24, 2.45) is 5.41 Å². The number of nitrogens with two attached hydrogens (primary N) is 1. The summed E-state index contributed by atoms with van der Waals surface area (Å²) < 4.78 is 62.4. The Bertz CT molecular complexity index is 2030. The quantitative estimate of drug-likeness (QED) is 0.0273. The first-order valence-electron chi connectivity index (χ1n) is 21.8. The van der Waals surface area contributed by atoms with E-state index in [1.165, 1.54) is 78.1 Å². The Morgan fingerprint density at radius 1 is 0.924 bits per heavy atom. The Morgan fingerprint density at radius 3 is 2.18 bits per heavy atom. The molecule has 0 radical (unpaired) electrons. The lowest BCUT2D eigenvalue weighted by molar-refractivity contribution is -0.137. The largest absolute Gasteiger partial charge is 0.481 e. The maximum absolute atomic E-state index is 12.7. The molecule has 3 rings (SSSR count). The number of nitrogens with zero attached hydrogens (tertiary/aromatic N) is 4. The molecule has 0 aromatic carbocycles. The van der Waals surface area contributed by atoms with Crippen molar-refractivity contribution in [2.45, 2.75) is 141 Å². The highest BCUT2D eigenvalue weighted by atomic mass is 32.2. The summed E-state index contributed by atoms with van der Waals surface area (Å²) in [6.45, 7) is 2.75. The van der Waals surface area contributed by atoms with Gasteiger partial charge >= 0.3 is 23.5 Å². The molecule has 0 bridgehead atoms. The van der Waals surface area contributed by atoms with Crippen molar-refractivity contribution >= 4 is 69.1 Å². The third kappa shape index (κ3) is 20.9. The second-order valence-corrected chi connectivity index (χ2v) is 21.7. The minimum atomic E-state index is -5.58. The molecule has 2 aromatic rings. The molecule has 28 heteroatoms. The van der Waals surface area contributed by atoms with Gasteiger partial charge in [0.2, 0.25) is 16.9 Å². The van der Waals surface area contributed by atoms with Crippen LogP contribution in [0, 0.1) is 5.41 Å². The molecule has 0 spiro atoms. The number of carbonyl (C=O) groups is 3. The van der Waals surface area contributed by atoms with E-state index in [1.54, 1.807) is 6.08 Å². The summed E-state index contributed by atoms with van der Waals surface area (Å²) in [4.78, 5) is 88.2. The minimum absolute atomic E-state index is 0.0324. The number of ether oxygens (including phenoxy) is 1. The van der Waals surface area contributed by atoms with E-state index in [0.717, 1.165) is 48.2 Å². The van der Waals surface area contributed by atoms with Gasteiger partial charge in [0.25, 0.3) is 0 Å². The zero-order valence-corrected chi connectivity index (χ0v) is 40.9. The number of aliphatic hydroxyl groups is 2. The van der Waals surface area contributed by atoms with Crippen molar-refractivity contribution in [3.8, 4) is 0 Å². The molecule has 1 saturated heterocycles. The van der Waals surface area contributed by atoms with E-state index >= 15 is 0 Å². The number of nitrogens with one attached hydrogen (secondary N) is 2. The zero-order chi connectivity index (χ0) is 49.0. The molecule has 10 N–H and O–H groups in total. The molecule has 1 aliphatic rings. The zero-order valence-electron chi connectivity index (χ0n) is 37.4. The molecule has 2 amide bonds. The van der Waals surface area contributed by atoms with Gasteiger partial charge in [-0.05, 0) is 18.9 Å². The van der Waals surface area contributed by atoms with Gasteiger partial charge in [-0.2, -0.15) is 4.31 Å². The number of allylic oxidation sites excluding steroid dienone is 1. The Kier molecular flexibility index (Phi) is 24.5. The van der Waals surface area contributed by atoms with Crippen LogP contribution in [0.5, 0.6) is 0 Å². The summed E-state index contributed by atoms with van der Waals surface area (Å²) in [5.74, 6) is -1.10. The number of phosphoric acid groups is 3. The van der Waals surface area contributed by atoms with Crippen LogP contribution in [0.15, 0.2) is 24.8 Å². The predicted octanol–water partition coefficient (Wildman–Crippen LogP) is 4.31. The molecule has 24 nitrogen and oxygen atoms in total. The fourth-order valence-corrected chi connectivity index (χ4v) is 10.0. The first-order chi connectivity index (χ1) is 31.1. The fraction of sp³-hybridized carbons (Fsp3) is 0.737. The van der Waals surface area contributed by atoms with Gasteiger partial charge in [0.1, 0.15) is 36.3 Å². The van der Waals surface area contributed by atoms with Gasteiger partial charge in [-0.25, -0.2) is 28.6 Å². The van der Waals surface area contributed by atoms with E-state index in [0.29, 0.717) is 5.75 Å². The molecule has 376 valence electrons. The van der Waals surface area contributed by atoms with Crippen LogP contribution in [0.1, 0.15) is 117 Å². The molecular formula is C38H66N7O17P3S. The standard InChI is InChI=1S/C38H66N7O17P3S/c1-4-5-6-7-8-9-10-11-12-13-14-15-16-17-18-29(47)66-22-21-40-28(46)19-20-41-36(50)33(49)38(2,3)24-59-65(56,57)62-64(54,55)58-23-27-32(61-63(51,52)53)31(48)37(60-27)45-26-44-30-34(39)42-25-43-35(30)45/h17-18,25-27,31-33,37,48-49H,4-16,19-24H2,1-3H3,(H,40,46)(H,41,50)(H,54,55)(H,56,57)(H2,39,42,43)(H2,51,52,53)/t27-,31-,32-,33+,37-/m1/s1. The monoisotopic (exact) mass is 1020 g/mol. The van der Waals surface area contributed by atoms with Crippen LogP contribution in [-0.2, 0) is 50.7 Å². The summed E-state index contributed by atoms with van der Waals surface area (Å²) >= 11 is 1.07. The molecule has 3 heterocycles. The number of unbranched alkanes of at least 4 members (excludes halogenated alkanes) is 12. The predicted molar refractivity (Wildman–Crippen MR) is 242 cm³/mol. The average Bonchev–Trinajstić information content (AvgIpc) is 3.80. The lowest BCUT2D eigenvalue weighted by Gasteiger charge is -2.30. The molecule has 1 aliphatic heterocycles. The number of phosphoric ester groups is 3. The van der Waals surface area contributed by atoms with Crippen molar-refractivity contribution in [1.29, 1.82) is 0 Å². The van der Waals surface area contributed by atoms with Crippen LogP contribution in [0.25, 0.3) is 11.2 Å². The summed E-state index contributed by atoms with van der Waals surface area (Å²) in [5.41, 5.74) is 4.28. The fourth-order valence-electron chi connectivity index (χ4n) is 6.61. The summed E-state index contributed by atoms with van der Waals surface area (Å²) in [7, 11) is -16.4. The first kappa shape index (κ1) is 57.6. The second-order valence-electron chi connectivity index (χ2n) is 16.3. The Balaban J connectivity index is 1.32. The highest BCUT2D eigenvalue weighted by Crippen LogP contribution is 2.61. The van der Waals surface area contributed by atoms with Gasteiger partial charge in [0.05, 0.1) is 19.5 Å². The number of amides is 2. The van der Waals surface area contributed by atoms with E-state index < -0.39 is 84.6 Å². The number of carbonyl (C=O) groups excluding carboxylic acids is 3. The molecule has 2 unspecified atom stereocenters. The normalized spacial score (nSPS) is 20.3. The molecule has 7 atom stereocenters. The smallest absolute Gasteiger partial charge is 0.386 e. The third-order valence-electron chi connectivity index (χ3n) is 10.2. The van der Waals surface area contributed by atoms with Crippen LogP contribution >= 0.6 is 35.2 Å². The number of thioether (sulfide) groups is 1. The third-order valence-corrected chi connectivity index (χ3v) is 14.2. The molecule has 0 saturated carbocycles. The van der Waals surface area contributed by atoms with E-state index in [-0.39, 0.29) is 41.6 Å². The number of aliphatic hydroxyl groups excluding tert-OH is 2. The van der Waals surface area contributed by atoms with Crippen LogP contribution in [0.2, 0.25) is 0 Å². The summed E-state index contributed by atoms with van der Waals surface area (Å²) in [5, 5.41) is 26.4. The van der Waals surface area contributed by atoms with Crippen LogP contribution < -0.4 is 16.4 Å². The van der Waals surface area contributed by atoms with E-state index in [2.05, 4.69) is 41.3 Å². The number of hydrogen-bond donors (Lipinski definition) is 9. The van der Waals surface area contributed by atoms with Crippen LogP contribution in [0.4, 0.5) is 5.82 Å². The van der Waals surface area contributed by atoms with Crippen molar-refractivity contribution in [2.75, 3.05) is 37.8 Å². The maximum Gasteiger partial charge on any atom is 0.481 e. The molecule has 66 heavy (non-hydrogen) atoms. The number of anilines is 1. The SMILES string of the molecule is CCCCCCCCCCCCCCC=CC(=O)SCCNC(=O)CCNC(=O)[C@H](O)C(C)(C)COP(=O)(O)OP(=O)(O)OC[C@H]1O[C@@H](n2cnc3c(N)ncnc32)[C@H](O)[C@@H]1OP(=O)(O)O. The minimum Gasteiger partial charge on any atom is -0.386 e. The average molecular weight is 1020 g/mol. The lowest BCUT2D eigenvalue weighted by atomic mass is 9.87. The van der Waals surface area contributed by atoms with Crippen molar-refractivity contribution in [1.82, 2.24) is 30.2 Å². The van der Waals surface area contributed by atoms with Gasteiger partial charge < -0.3 is 50.9 Å². The van der Waals surface area contributed by atoms with Crippen LogP contribution in [0.3, 0.4) is 0 Å². The van der Waals surface area contributed by atoms with Crippen LogP contribution in [-0.4, -0.2) is 123 Å². The van der Waals surface area contributed by atoms with Gasteiger partial charge in [0, 0.05) is 30.7 Å². The van der Waals surface area contributed by atoms with Gasteiger partial charge in [-0.15, -0.1) is 0 Å². The van der Waals surface area contributed by atoms with E-state index in [1.807, 2.05) is 6.08 Å². The molecule has 0 aliphatic carbocycles. The number of rotatable bonds is 33. The highest BCUT2D eigenvalue weighted by molar-refractivity contribution is 8.14. The molecule has 1 fully saturated rings. The number of fused-ring (bicyclic) bond motifs is 1. The first-order valence-corrected chi connectivity index (χ1v) is 27.3. The number of aromatic nitrogens is 4. The molecule has 2 aromatic heterocycles. The van der Waals surface area contributed by atoms with Crippen molar-refractivity contribution < 1.29 is 80.5 Å². The Morgan fingerprint density at radius 2 is 1.55 bits per heavy atom. The van der Waals surface area contributed by atoms with Gasteiger partial charge in [-0.1, -0.05) is 109 Å². The Labute approximate surface area is 388 Å². The van der Waals surface area contributed by atoms with Crippen molar-refractivity contribution in [3.05, 3.63) is 24.8 Å². The van der Waals surface area contributed by atoms with Crippen molar-refractivity contribution in [3.63, 3.8) is 0 Å². The van der Waals surface area contributed by atoms with Gasteiger partial charge in [0.15, 0.2) is 17.7 Å². The number of hydrogen-bond acceptors (Lipinski definition) is 18. The Hall–Kier alpha value is -2.70. The van der Waals surface area contributed by atoms with E-state index in [9.17, 15) is 57.9 Å². The summed E-state index contributed by atoms with van der Waals surface area (Å²) in [6.07, 6.45) is 12.5. The number of nitrogen functional groups attached to an aromatic ring is 1. The van der Waals surface area contributed by atoms with E-state index in [4.69, 9.17) is 19.5 Å².